The summed E-state index contributed by atoms with van der Waals surface area (Å²) in [5, 5.41) is 7.23. The van der Waals surface area contributed by atoms with E-state index >= 15 is 0 Å². The van der Waals surface area contributed by atoms with E-state index < -0.39 is 10.0 Å². The van der Waals surface area contributed by atoms with Gasteiger partial charge in [-0.25, -0.2) is 8.42 Å². The fourth-order valence-corrected chi connectivity index (χ4v) is 5.37. The van der Waals surface area contributed by atoms with Crippen molar-refractivity contribution in [3.05, 3.63) is 41.2 Å². The summed E-state index contributed by atoms with van der Waals surface area (Å²) in [6.45, 7) is 6.88. The van der Waals surface area contributed by atoms with Gasteiger partial charge >= 0.3 is 0 Å². The van der Waals surface area contributed by atoms with Crippen LogP contribution in [-0.4, -0.2) is 41.5 Å². The molecule has 0 radical (unpaired) electrons. The van der Waals surface area contributed by atoms with E-state index in [1.54, 1.807) is 18.5 Å². The molecule has 1 amide bonds. The van der Waals surface area contributed by atoms with Crippen molar-refractivity contribution >= 4 is 21.6 Å². The van der Waals surface area contributed by atoms with Gasteiger partial charge in [0.25, 0.3) is 0 Å². The van der Waals surface area contributed by atoms with Gasteiger partial charge in [-0.1, -0.05) is 12.1 Å². The van der Waals surface area contributed by atoms with Crippen LogP contribution in [0.2, 0.25) is 0 Å². The highest BCUT2D eigenvalue weighted by Crippen LogP contribution is 2.26. The zero-order valence-corrected chi connectivity index (χ0v) is 16.8. The zero-order chi connectivity index (χ0) is 19.6. The first kappa shape index (κ1) is 19.6. The molecule has 8 heteroatoms. The number of carbonyl (C=O) groups excluding carboxylic acids is 1. The molecule has 2 aromatic rings. The minimum absolute atomic E-state index is 0.128. The molecular weight excluding hydrogens is 364 g/mol. The number of benzene rings is 1. The van der Waals surface area contributed by atoms with E-state index in [9.17, 15) is 13.2 Å². The van der Waals surface area contributed by atoms with Crippen LogP contribution >= 0.6 is 0 Å². The van der Waals surface area contributed by atoms with E-state index in [1.807, 2.05) is 31.2 Å². The first-order valence-corrected chi connectivity index (χ1v) is 10.6. The molecule has 0 saturated carbocycles. The van der Waals surface area contributed by atoms with Crippen molar-refractivity contribution in [2.24, 2.45) is 0 Å². The van der Waals surface area contributed by atoms with Gasteiger partial charge in [-0.05, 0) is 51.3 Å². The number of aromatic nitrogens is 2. The lowest BCUT2D eigenvalue weighted by Crippen LogP contribution is -2.28. The number of anilines is 1. The lowest BCUT2D eigenvalue weighted by Gasteiger charge is -2.15. The van der Waals surface area contributed by atoms with Gasteiger partial charge in [-0.3, -0.25) is 9.48 Å². The van der Waals surface area contributed by atoms with Gasteiger partial charge in [0.1, 0.15) is 4.90 Å². The number of sulfonamides is 1. The van der Waals surface area contributed by atoms with E-state index in [4.69, 9.17) is 0 Å². The fraction of sp³-hybridized carbons (Fsp3) is 0.474. The third-order valence-corrected chi connectivity index (χ3v) is 6.98. The predicted molar refractivity (Wildman–Crippen MR) is 104 cm³/mol. The minimum atomic E-state index is -3.52. The van der Waals surface area contributed by atoms with E-state index in [0.717, 1.165) is 24.1 Å². The fourth-order valence-electron chi connectivity index (χ4n) is 3.48. The molecule has 146 valence electrons. The first-order chi connectivity index (χ1) is 12.8. The second kappa shape index (κ2) is 7.82. The van der Waals surface area contributed by atoms with Crippen LogP contribution in [-0.2, 0) is 21.4 Å². The van der Waals surface area contributed by atoms with Crippen LogP contribution in [0.3, 0.4) is 0 Å². The molecule has 3 rings (SSSR count). The maximum atomic E-state index is 12.9. The highest BCUT2D eigenvalue weighted by molar-refractivity contribution is 7.89. The Labute approximate surface area is 160 Å². The van der Waals surface area contributed by atoms with Crippen molar-refractivity contribution in [3.8, 4) is 0 Å². The molecule has 7 nitrogen and oxygen atoms in total. The average Bonchev–Trinajstić information content (AvgIpc) is 3.22. The van der Waals surface area contributed by atoms with Gasteiger partial charge in [0.15, 0.2) is 0 Å². The summed E-state index contributed by atoms with van der Waals surface area (Å²) in [6, 6.07) is 7.60. The van der Waals surface area contributed by atoms with Gasteiger partial charge in [0.05, 0.1) is 17.9 Å². The summed E-state index contributed by atoms with van der Waals surface area (Å²) in [6.07, 6.45) is 2.01. The van der Waals surface area contributed by atoms with Crippen LogP contribution < -0.4 is 5.32 Å². The van der Waals surface area contributed by atoms with E-state index in [1.165, 1.54) is 4.31 Å². The maximum Gasteiger partial charge on any atom is 0.246 e. The summed E-state index contributed by atoms with van der Waals surface area (Å²) in [5.74, 6) is -0.128. The minimum Gasteiger partial charge on any atom is -0.326 e. The predicted octanol–water partition coefficient (Wildman–Crippen LogP) is 2.62. The van der Waals surface area contributed by atoms with E-state index in [0.29, 0.717) is 31.0 Å². The maximum absolute atomic E-state index is 12.9. The van der Waals surface area contributed by atoms with Gasteiger partial charge in [0, 0.05) is 25.2 Å². The Morgan fingerprint density at radius 3 is 2.56 bits per heavy atom. The summed E-state index contributed by atoms with van der Waals surface area (Å²) in [4.78, 5) is 12.5. The Morgan fingerprint density at radius 2 is 1.89 bits per heavy atom. The van der Waals surface area contributed by atoms with Crippen LogP contribution in [0, 0.1) is 20.8 Å². The topological polar surface area (TPSA) is 84.3 Å². The monoisotopic (exact) mass is 390 g/mol. The number of aryl methyl sites for hydroxylation is 3. The average molecular weight is 391 g/mol. The molecule has 1 aromatic carbocycles. The molecule has 1 fully saturated rings. The van der Waals surface area contributed by atoms with Crippen LogP contribution in [0.4, 0.5) is 5.69 Å². The third kappa shape index (κ3) is 4.22. The van der Waals surface area contributed by atoms with Crippen molar-refractivity contribution < 1.29 is 13.2 Å². The van der Waals surface area contributed by atoms with Gasteiger partial charge in [-0.15, -0.1) is 0 Å². The Bertz CT molecular complexity index is 944. The van der Waals surface area contributed by atoms with Crippen LogP contribution in [0.15, 0.2) is 29.2 Å². The molecule has 2 heterocycles. The molecule has 1 aromatic heterocycles. The summed E-state index contributed by atoms with van der Waals surface area (Å²) < 4.78 is 28.9. The van der Waals surface area contributed by atoms with Crippen LogP contribution in [0.5, 0.6) is 0 Å². The number of hydrogen-bond acceptors (Lipinski definition) is 4. The van der Waals surface area contributed by atoms with Crippen LogP contribution in [0.1, 0.15) is 36.2 Å². The second-order valence-corrected chi connectivity index (χ2v) is 8.88. The summed E-state index contributed by atoms with van der Waals surface area (Å²) in [5.41, 5.74) is 2.90. The molecule has 1 N–H and O–H groups in total. The van der Waals surface area contributed by atoms with Gasteiger partial charge < -0.3 is 5.32 Å². The Kier molecular flexibility index (Phi) is 5.67. The third-order valence-electron chi connectivity index (χ3n) is 4.83. The number of nitrogens with zero attached hydrogens (tertiary/aromatic N) is 3. The number of carbonyl (C=O) groups is 1. The molecule has 0 aliphatic carbocycles. The number of nitrogens with one attached hydrogen (secondary N) is 1. The normalized spacial score (nSPS) is 15.2. The van der Waals surface area contributed by atoms with Crippen molar-refractivity contribution in [2.75, 3.05) is 18.4 Å². The second-order valence-electron chi connectivity index (χ2n) is 7.00. The van der Waals surface area contributed by atoms with Crippen molar-refractivity contribution in [1.82, 2.24) is 14.1 Å². The molecule has 1 aliphatic heterocycles. The molecule has 0 bridgehead atoms. The summed E-state index contributed by atoms with van der Waals surface area (Å²) >= 11 is 0. The Hall–Kier alpha value is -2.19. The standard InChI is InChI=1S/C19H26N4O3S/c1-14-7-6-8-17(13-14)20-18(24)9-12-23-16(3)19(15(2)21-23)27(25,26)22-10-4-5-11-22/h6-8,13H,4-5,9-12H2,1-3H3,(H,20,24). The van der Waals surface area contributed by atoms with Gasteiger partial charge in [-0.2, -0.15) is 9.40 Å². The van der Waals surface area contributed by atoms with E-state index in [2.05, 4.69) is 10.4 Å². The molecule has 0 unspecified atom stereocenters. The highest BCUT2D eigenvalue weighted by Gasteiger charge is 2.32. The number of hydrogen-bond donors (Lipinski definition) is 1. The Balaban J connectivity index is 1.70. The molecule has 0 atom stereocenters. The number of amides is 1. The quantitative estimate of drug-likeness (QED) is 0.822. The number of rotatable bonds is 6. The SMILES string of the molecule is Cc1cccc(NC(=O)CCn2nc(C)c(S(=O)(=O)N3CCCC3)c2C)c1. The first-order valence-electron chi connectivity index (χ1n) is 9.19. The van der Waals surface area contributed by atoms with Crippen molar-refractivity contribution in [3.63, 3.8) is 0 Å². The molecule has 27 heavy (non-hydrogen) atoms. The van der Waals surface area contributed by atoms with Crippen molar-refractivity contribution in [2.45, 2.75) is 51.5 Å². The molecule has 0 spiro atoms. The van der Waals surface area contributed by atoms with Gasteiger partial charge in [0.2, 0.25) is 15.9 Å². The molecular formula is C19H26N4O3S. The lowest BCUT2D eigenvalue weighted by molar-refractivity contribution is -0.116. The molecule has 1 aliphatic rings. The van der Waals surface area contributed by atoms with E-state index in [-0.39, 0.29) is 17.2 Å². The molecule has 1 saturated heterocycles. The van der Waals surface area contributed by atoms with Crippen LogP contribution in [0.25, 0.3) is 0 Å². The zero-order valence-electron chi connectivity index (χ0n) is 16.0. The largest absolute Gasteiger partial charge is 0.326 e. The lowest BCUT2D eigenvalue weighted by atomic mass is 10.2. The summed E-state index contributed by atoms with van der Waals surface area (Å²) in [7, 11) is -3.52. The highest BCUT2D eigenvalue weighted by atomic mass is 32.2. The smallest absolute Gasteiger partial charge is 0.246 e. The van der Waals surface area contributed by atoms with Crippen molar-refractivity contribution in [1.29, 1.82) is 0 Å². The Morgan fingerprint density at radius 1 is 1.19 bits per heavy atom.